The molecular formula is C18H16N4O5. The number of aliphatic hydroxyl groups excluding tert-OH is 3. The number of pyridine rings is 1. The second-order valence-corrected chi connectivity index (χ2v) is 6.42. The number of hydrogen-bond donors (Lipinski definition) is 3. The number of aromatic nitrogens is 4. The van der Waals surface area contributed by atoms with E-state index in [1.165, 1.54) is 6.33 Å². The lowest BCUT2D eigenvalue weighted by atomic mass is 10.1. The Kier molecular flexibility index (Phi) is 3.69. The first-order valence-corrected chi connectivity index (χ1v) is 8.44. The molecule has 5 heterocycles. The Hall–Kier alpha value is -2.85. The maximum atomic E-state index is 10.5. The molecule has 0 radical (unpaired) electrons. The van der Waals surface area contributed by atoms with Crippen molar-refractivity contribution in [2.45, 2.75) is 24.5 Å². The normalized spacial score (nSPS) is 25.6. The number of aliphatic hydroxyl groups is 3. The van der Waals surface area contributed by atoms with E-state index in [1.807, 2.05) is 6.07 Å². The largest absolute Gasteiger partial charge is 0.472 e. The van der Waals surface area contributed by atoms with Gasteiger partial charge in [0.25, 0.3) is 0 Å². The van der Waals surface area contributed by atoms with E-state index in [0.29, 0.717) is 16.9 Å². The number of furan rings is 1. The highest BCUT2D eigenvalue weighted by molar-refractivity contribution is 6.12. The summed E-state index contributed by atoms with van der Waals surface area (Å²) < 4.78 is 12.6. The molecule has 0 saturated carbocycles. The van der Waals surface area contributed by atoms with Crippen LogP contribution in [0.4, 0.5) is 0 Å². The van der Waals surface area contributed by atoms with Crippen molar-refractivity contribution in [3.05, 3.63) is 43.4 Å². The smallest absolute Gasteiger partial charge is 0.165 e. The van der Waals surface area contributed by atoms with Crippen molar-refractivity contribution in [1.82, 2.24) is 19.5 Å². The minimum Gasteiger partial charge on any atom is -0.472 e. The van der Waals surface area contributed by atoms with E-state index in [0.717, 1.165) is 16.3 Å². The van der Waals surface area contributed by atoms with Gasteiger partial charge in [0, 0.05) is 17.1 Å². The van der Waals surface area contributed by atoms with Crippen molar-refractivity contribution < 1.29 is 24.5 Å². The van der Waals surface area contributed by atoms with Gasteiger partial charge in [-0.3, -0.25) is 9.55 Å². The first kappa shape index (κ1) is 16.3. The van der Waals surface area contributed by atoms with Gasteiger partial charge in [-0.25, -0.2) is 9.97 Å². The average molecular weight is 368 g/mol. The molecule has 4 aromatic heterocycles. The van der Waals surface area contributed by atoms with Gasteiger partial charge in [0.1, 0.15) is 30.3 Å². The minimum absolute atomic E-state index is 0.403. The minimum atomic E-state index is -1.23. The topological polar surface area (TPSA) is 127 Å². The molecule has 5 rings (SSSR count). The van der Waals surface area contributed by atoms with Crippen LogP contribution in [0.3, 0.4) is 0 Å². The molecule has 1 aliphatic rings. The molecule has 0 spiro atoms. The maximum absolute atomic E-state index is 10.5. The molecular weight excluding hydrogens is 352 g/mol. The number of rotatable bonds is 3. The van der Waals surface area contributed by atoms with Crippen molar-refractivity contribution in [3.63, 3.8) is 0 Å². The number of ether oxygens (including phenoxy) is 1. The Labute approximate surface area is 152 Å². The summed E-state index contributed by atoms with van der Waals surface area (Å²) in [6.07, 6.45) is 3.65. The number of fused-ring (bicyclic) bond motifs is 3. The maximum Gasteiger partial charge on any atom is 0.165 e. The van der Waals surface area contributed by atoms with E-state index in [-0.39, 0.29) is 0 Å². The van der Waals surface area contributed by atoms with Crippen LogP contribution in [0.5, 0.6) is 0 Å². The second-order valence-electron chi connectivity index (χ2n) is 6.42. The molecule has 4 atom stereocenters. The molecule has 4 aromatic rings. The van der Waals surface area contributed by atoms with Gasteiger partial charge in [0.15, 0.2) is 6.23 Å². The quantitative estimate of drug-likeness (QED) is 0.486. The first-order chi connectivity index (χ1) is 13.2. The van der Waals surface area contributed by atoms with Gasteiger partial charge >= 0.3 is 0 Å². The van der Waals surface area contributed by atoms with Gasteiger partial charge in [-0.15, -0.1) is 0 Å². The molecule has 1 aliphatic heterocycles. The lowest BCUT2D eigenvalue weighted by molar-refractivity contribution is -0.0490. The number of hydrogen-bond acceptors (Lipinski definition) is 8. The van der Waals surface area contributed by atoms with E-state index < -0.39 is 31.1 Å². The third kappa shape index (κ3) is 2.30. The van der Waals surface area contributed by atoms with E-state index in [1.54, 1.807) is 35.6 Å². The lowest BCUT2D eigenvalue weighted by Crippen LogP contribution is -2.33. The average Bonchev–Trinajstić information content (AvgIpc) is 3.40. The number of nitrogens with zero attached hydrogens (tertiary/aromatic N) is 4. The predicted molar refractivity (Wildman–Crippen MR) is 93.5 cm³/mol. The van der Waals surface area contributed by atoms with Crippen LogP contribution in [-0.2, 0) is 4.74 Å². The van der Waals surface area contributed by atoms with E-state index >= 15 is 0 Å². The van der Waals surface area contributed by atoms with Gasteiger partial charge in [0.05, 0.1) is 41.9 Å². The van der Waals surface area contributed by atoms with Gasteiger partial charge < -0.3 is 24.5 Å². The van der Waals surface area contributed by atoms with Gasteiger partial charge in [0.2, 0.25) is 0 Å². The highest BCUT2D eigenvalue weighted by Crippen LogP contribution is 2.39. The third-order valence-corrected chi connectivity index (χ3v) is 4.95. The summed E-state index contributed by atoms with van der Waals surface area (Å²) in [6, 6.07) is 3.64. The summed E-state index contributed by atoms with van der Waals surface area (Å²) in [7, 11) is 0. The van der Waals surface area contributed by atoms with Crippen LogP contribution in [0.15, 0.2) is 47.8 Å². The van der Waals surface area contributed by atoms with Gasteiger partial charge in [-0.2, -0.15) is 0 Å². The summed E-state index contributed by atoms with van der Waals surface area (Å²) >= 11 is 0. The van der Waals surface area contributed by atoms with E-state index in [4.69, 9.17) is 9.15 Å². The van der Waals surface area contributed by atoms with Crippen LogP contribution >= 0.6 is 0 Å². The van der Waals surface area contributed by atoms with Crippen molar-refractivity contribution in [2.24, 2.45) is 0 Å². The Balaban J connectivity index is 1.82. The molecule has 1 fully saturated rings. The lowest BCUT2D eigenvalue weighted by Gasteiger charge is -2.18. The van der Waals surface area contributed by atoms with Crippen LogP contribution in [0, 0.1) is 0 Å². The molecule has 0 bridgehead atoms. The van der Waals surface area contributed by atoms with E-state index in [2.05, 4.69) is 15.0 Å². The van der Waals surface area contributed by atoms with Crippen molar-refractivity contribution in [3.8, 4) is 11.3 Å². The fourth-order valence-electron chi connectivity index (χ4n) is 3.68. The Morgan fingerprint density at radius 1 is 1.15 bits per heavy atom. The van der Waals surface area contributed by atoms with Crippen LogP contribution in [-0.4, -0.2) is 59.8 Å². The highest BCUT2D eigenvalue weighted by atomic mass is 16.6. The molecule has 0 aromatic carbocycles. The van der Waals surface area contributed by atoms with E-state index in [9.17, 15) is 15.3 Å². The molecule has 3 N–H and O–H groups in total. The summed E-state index contributed by atoms with van der Waals surface area (Å²) in [5.74, 6) is 0. The molecule has 27 heavy (non-hydrogen) atoms. The van der Waals surface area contributed by atoms with Gasteiger partial charge in [-0.1, -0.05) is 0 Å². The fourth-order valence-corrected chi connectivity index (χ4v) is 3.68. The Morgan fingerprint density at radius 2 is 2.04 bits per heavy atom. The summed E-state index contributed by atoms with van der Waals surface area (Å²) in [5, 5.41) is 31.7. The standard InChI is InChI=1S/C18H16N4O5/c23-6-12-15(24)16(25)18(27-12)22-11-5-19-3-1-10(11)13-14(9-2-4-26-7-9)20-8-21-17(13)22/h1-5,7-8,12,15-16,18,23-25H,6H2/t12-,15-,16-,18-/m1/s1. The summed E-state index contributed by atoms with van der Waals surface area (Å²) in [6.45, 7) is -0.403. The Morgan fingerprint density at radius 3 is 2.78 bits per heavy atom. The summed E-state index contributed by atoms with van der Waals surface area (Å²) in [5.41, 5.74) is 2.67. The third-order valence-electron chi connectivity index (χ3n) is 4.95. The van der Waals surface area contributed by atoms with Crippen LogP contribution in [0.2, 0.25) is 0 Å². The van der Waals surface area contributed by atoms with Crippen molar-refractivity contribution in [2.75, 3.05) is 6.61 Å². The zero-order valence-electron chi connectivity index (χ0n) is 14.0. The molecule has 138 valence electrons. The van der Waals surface area contributed by atoms with Crippen LogP contribution in [0.25, 0.3) is 33.2 Å². The molecule has 9 nitrogen and oxygen atoms in total. The summed E-state index contributed by atoms with van der Waals surface area (Å²) in [4.78, 5) is 13.0. The molecule has 0 amide bonds. The fraction of sp³-hybridized carbons (Fsp3) is 0.278. The molecule has 9 heteroatoms. The zero-order valence-corrected chi connectivity index (χ0v) is 14.0. The highest BCUT2D eigenvalue weighted by Gasteiger charge is 2.44. The van der Waals surface area contributed by atoms with Gasteiger partial charge in [-0.05, 0) is 12.1 Å². The molecule has 0 aliphatic carbocycles. The monoisotopic (exact) mass is 368 g/mol. The second kappa shape index (κ2) is 6.10. The van der Waals surface area contributed by atoms with Crippen LogP contribution in [0.1, 0.15) is 6.23 Å². The molecule has 0 unspecified atom stereocenters. The first-order valence-electron chi connectivity index (χ1n) is 8.44. The zero-order chi connectivity index (χ0) is 18.5. The van der Waals surface area contributed by atoms with Crippen molar-refractivity contribution >= 4 is 21.9 Å². The van der Waals surface area contributed by atoms with Crippen LogP contribution < -0.4 is 0 Å². The molecule has 1 saturated heterocycles. The predicted octanol–water partition coefficient (Wildman–Crippen LogP) is 0.851. The van der Waals surface area contributed by atoms with Crippen molar-refractivity contribution in [1.29, 1.82) is 0 Å². The Bertz CT molecular complexity index is 1110. The SMILES string of the molecule is OC[C@H]1O[C@@H](n2c3cnccc3c3c(-c4ccoc4)ncnc32)[C@H](O)[C@@H]1O.